The van der Waals surface area contributed by atoms with Gasteiger partial charge in [-0.25, -0.2) is 0 Å². The smallest absolute Gasteiger partial charge is 0.352 e. The molecule has 1 heterocycles. The highest BCUT2D eigenvalue weighted by atomic mass is 35.5. The molecule has 1 aromatic heterocycles. The minimum absolute atomic E-state index is 0.0811. The van der Waals surface area contributed by atoms with Crippen molar-refractivity contribution >= 4 is 11.6 Å². The topological polar surface area (TPSA) is 15.8 Å². The highest BCUT2D eigenvalue weighted by Crippen LogP contribution is 2.38. The van der Waals surface area contributed by atoms with Gasteiger partial charge in [0.2, 0.25) is 0 Å². The number of rotatable bonds is 1. The van der Waals surface area contributed by atoms with Gasteiger partial charge in [-0.1, -0.05) is 11.6 Å². The zero-order valence-corrected chi connectivity index (χ0v) is 10.3. The minimum atomic E-state index is -4.86. The van der Waals surface area contributed by atoms with Gasteiger partial charge in [-0.15, -0.1) is 0 Å². The lowest BCUT2D eigenvalue weighted by atomic mass is 10.0. The molecule has 8 heteroatoms. The van der Waals surface area contributed by atoms with Crippen LogP contribution in [0.2, 0.25) is 5.15 Å². The Balaban J connectivity index is 2.63. The lowest BCUT2D eigenvalue weighted by Gasteiger charge is -2.13. The second kappa shape index (κ2) is 4.73. The Morgan fingerprint density at radius 1 is 0.750 bits per heavy atom. The number of hydrogen-bond acceptors (Lipinski definition) is 0. The number of H-pyrrole nitrogens is 1. The molecular formula is C12H6ClF6N. The monoisotopic (exact) mass is 313 g/mol. The van der Waals surface area contributed by atoms with Crippen LogP contribution in [-0.4, -0.2) is 4.98 Å². The molecule has 0 radical (unpaired) electrons. The summed E-state index contributed by atoms with van der Waals surface area (Å²) in [7, 11) is 0. The average molecular weight is 314 g/mol. The van der Waals surface area contributed by atoms with E-state index >= 15 is 0 Å². The van der Waals surface area contributed by atoms with Gasteiger partial charge in [0.25, 0.3) is 0 Å². The van der Waals surface area contributed by atoms with Gasteiger partial charge in [0, 0.05) is 11.8 Å². The van der Waals surface area contributed by atoms with Crippen LogP contribution in [0.5, 0.6) is 0 Å². The van der Waals surface area contributed by atoms with Gasteiger partial charge in [-0.3, -0.25) is 0 Å². The molecule has 0 aliphatic carbocycles. The molecule has 0 saturated heterocycles. The van der Waals surface area contributed by atoms with E-state index in [0.717, 1.165) is 0 Å². The van der Waals surface area contributed by atoms with Gasteiger partial charge in [0.05, 0.1) is 11.1 Å². The van der Waals surface area contributed by atoms with Crippen LogP contribution >= 0.6 is 11.6 Å². The summed E-state index contributed by atoms with van der Waals surface area (Å²) in [5, 5.41) is 0.117. The highest BCUT2D eigenvalue weighted by Gasteiger charge is 2.37. The van der Waals surface area contributed by atoms with Crippen molar-refractivity contribution in [3.63, 3.8) is 0 Å². The summed E-state index contributed by atoms with van der Waals surface area (Å²) in [4.78, 5) is 2.49. The fraction of sp³-hybridized carbons (Fsp3) is 0.167. The first-order chi connectivity index (χ1) is 9.07. The third-order valence-electron chi connectivity index (χ3n) is 2.57. The average Bonchev–Trinajstić information content (AvgIpc) is 2.73. The molecule has 20 heavy (non-hydrogen) atoms. The van der Waals surface area contributed by atoms with Crippen LogP contribution in [0, 0.1) is 0 Å². The Bertz CT molecular complexity index is 593. The first-order valence-corrected chi connectivity index (χ1v) is 5.59. The molecule has 0 bridgehead atoms. The first kappa shape index (κ1) is 14.8. The fourth-order valence-corrected chi connectivity index (χ4v) is 1.83. The Labute approximate surface area is 114 Å². The summed E-state index contributed by atoms with van der Waals surface area (Å²) in [6.45, 7) is 0. The standard InChI is InChI=1S/C12H6ClF6N/c13-10-3-7(5-20-10)6-1-8(11(14,15)16)4-9(2-6)12(17,18)19/h1-5,20H. The highest BCUT2D eigenvalue weighted by molar-refractivity contribution is 6.29. The van der Waals surface area contributed by atoms with E-state index in [4.69, 9.17) is 11.6 Å². The number of aromatic amines is 1. The molecule has 0 spiro atoms. The fourth-order valence-electron chi connectivity index (χ4n) is 1.65. The normalized spacial score (nSPS) is 12.8. The van der Waals surface area contributed by atoms with Crippen molar-refractivity contribution in [2.75, 3.05) is 0 Å². The van der Waals surface area contributed by atoms with Crippen LogP contribution in [0.3, 0.4) is 0 Å². The number of hydrogen-bond donors (Lipinski definition) is 1. The zero-order valence-electron chi connectivity index (χ0n) is 9.53. The van der Waals surface area contributed by atoms with Crippen molar-refractivity contribution < 1.29 is 26.3 Å². The summed E-state index contributed by atoms with van der Waals surface area (Å²) in [5.74, 6) is 0. The Kier molecular flexibility index (Phi) is 3.49. The maximum Gasteiger partial charge on any atom is 0.416 e. The molecule has 2 aromatic rings. The van der Waals surface area contributed by atoms with E-state index in [9.17, 15) is 26.3 Å². The Morgan fingerprint density at radius 2 is 1.25 bits per heavy atom. The largest absolute Gasteiger partial charge is 0.416 e. The van der Waals surface area contributed by atoms with Gasteiger partial charge < -0.3 is 4.98 Å². The van der Waals surface area contributed by atoms with E-state index in [2.05, 4.69) is 4.98 Å². The van der Waals surface area contributed by atoms with E-state index in [1.807, 2.05) is 0 Å². The van der Waals surface area contributed by atoms with Gasteiger partial charge in [-0.05, 0) is 29.8 Å². The van der Waals surface area contributed by atoms with Crippen LogP contribution in [-0.2, 0) is 12.4 Å². The SMILES string of the molecule is FC(F)(F)c1cc(-c2c[nH]c(Cl)c2)cc(C(F)(F)F)c1. The summed E-state index contributed by atoms with van der Waals surface area (Å²) in [6, 6.07) is 2.62. The summed E-state index contributed by atoms with van der Waals surface area (Å²) in [6.07, 6.45) is -8.50. The number of nitrogens with one attached hydrogen (secondary N) is 1. The minimum Gasteiger partial charge on any atom is -0.352 e. The van der Waals surface area contributed by atoms with E-state index in [1.165, 1.54) is 12.3 Å². The van der Waals surface area contributed by atoms with Gasteiger partial charge >= 0.3 is 12.4 Å². The van der Waals surface area contributed by atoms with E-state index in [1.54, 1.807) is 0 Å². The van der Waals surface area contributed by atoms with Gasteiger partial charge in [0.15, 0.2) is 0 Å². The quantitative estimate of drug-likeness (QED) is 0.681. The Hall–Kier alpha value is -1.63. The van der Waals surface area contributed by atoms with Crippen molar-refractivity contribution in [1.82, 2.24) is 4.98 Å². The molecule has 1 N–H and O–H groups in total. The molecule has 0 atom stereocenters. The van der Waals surface area contributed by atoms with E-state index < -0.39 is 23.5 Å². The van der Waals surface area contributed by atoms with Crippen molar-refractivity contribution in [1.29, 1.82) is 0 Å². The third kappa shape index (κ3) is 3.09. The number of aromatic nitrogens is 1. The van der Waals surface area contributed by atoms with Crippen LogP contribution in [0.1, 0.15) is 11.1 Å². The summed E-state index contributed by atoms with van der Waals surface area (Å²) < 4.78 is 75.9. The molecule has 0 aliphatic rings. The van der Waals surface area contributed by atoms with Crippen molar-refractivity contribution in [3.05, 3.63) is 46.7 Å². The maximum atomic E-state index is 12.7. The molecule has 2 rings (SSSR count). The molecule has 0 fully saturated rings. The molecule has 0 saturated carbocycles. The summed E-state index contributed by atoms with van der Waals surface area (Å²) >= 11 is 5.57. The van der Waals surface area contributed by atoms with Crippen LogP contribution in [0.25, 0.3) is 11.1 Å². The van der Waals surface area contributed by atoms with Crippen molar-refractivity contribution in [2.45, 2.75) is 12.4 Å². The van der Waals surface area contributed by atoms with Crippen LogP contribution in [0.15, 0.2) is 30.5 Å². The van der Waals surface area contributed by atoms with Gasteiger partial charge in [0.1, 0.15) is 5.15 Å². The third-order valence-corrected chi connectivity index (χ3v) is 2.79. The van der Waals surface area contributed by atoms with Crippen molar-refractivity contribution in [3.8, 4) is 11.1 Å². The van der Waals surface area contributed by atoms with Crippen LogP contribution in [0.4, 0.5) is 26.3 Å². The number of alkyl halides is 6. The number of benzene rings is 1. The Morgan fingerprint density at radius 3 is 1.60 bits per heavy atom. The summed E-state index contributed by atoms with van der Waals surface area (Å²) in [5.41, 5.74) is -2.79. The second-order valence-electron chi connectivity index (χ2n) is 4.03. The van der Waals surface area contributed by atoms with E-state index in [-0.39, 0.29) is 22.3 Å². The maximum absolute atomic E-state index is 12.7. The molecular weight excluding hydrogens is 308 g/mol. The molecule has 1 nitrogen and oxygen atoms in total. The first-order valence-electron chi connectivity index (χ1n) is 5.21. The van der Waals surface area contributed by atoms with Crippen LogP contribution < -0.4 is 0 Å². The van der Waals surface area contributed by atoms with E-state index in [0.29, 0.717) is 12.1 Å². The predicted octanol–water partition coefficient (Wildman–Crippen LogP) is 5.37. The number of halogens is 7. The van der Waals surface area contributed by atoms with Gasteiger partial charge in [-0.2, -0.15) is 26.3 Å². The lowest BCUT2D eigenvalue weighted by Crippen LogP contribution is -2.11. The predicted molar refractivity (Wildman–Crippen MR) is 61.2 cm³/mol. The van der Waals surface area contributed by atoms with Crippen molar-refractivity contribution in [2.24, 2.45) is 0 Å². The molecule has 108 valence electrons. The molecule has 1 aromatic carbocycles. The molecule has 0 unspecified atom stereocenters. The lowest BCUT2D eigenvalue weighted by molar-refractivity contribution is -0.143. The molecule has 0 aliphatic heterocycles. The second-order valence-corrected chi connectivity index (χ2v) is 4.44. The molecule has 0 amide bonds. The zero-order chi connectivity index (χ0) is 15.1.